The zero-order valence-electron chi connectivity index (χ0n) is 16.4. The first-order valence-corrected chi connectivity index (χ1v) is 10.7. The molecule has 3 aromatic carbocycles. The van der Waals surface area contributed by atoms with Gasteiger partial charge in [0.25, 0.3) is 0 Å². The van der Waals surface area contributed by atoms with Gasteiger partial charge in [-0.3, -0.25) is 4.79 Å². The lowest BCUT2D eigenvalue weighted by Crippen LogP contribution is -2.27. The summed E-state index contributed by atoms with van der Waals surface area (Å²) in [6.45, 7) is 0.807. The molecule has 0 saturated carbocycles. The average Bonchev–Trinajstić information content (AvgIpc) is 3.34. The van der Waals surface area contributed by atoms with E-state index in [0.717, 1.165) is 17.1 Å². The highest BCUT2D eigenvalue weighted by Crippen LogP contribution is 2.44. The van der Waals surface area contributed by atoms with Crippen molar-refractivity contribution in [2.24, 2.45) is 0 Å². The van der Waals surface area contributed by atoms with Gasteiger partial charge in [-0.15, -0.1) is 11.8 Å². The number of thioether (sulfide) groups is 1. The number of carbonyl (C=O) groups is 1. The summed E-state index contributed by atoms with van der Waals surface area (Å²) in [5, 5.41) is 2.40. The summed E-state index contributed by atoms with van der Waals surface area (Å²) in [4.78, 5) is 16.8. The first-order valence-electron chi connectivity index (χ1n) is 9.60. The molecular formula is C23H22N2O3S. The molecule has 0 spiro atoms. The summed E-state index contributed by atoms with van der Waals surface area (Å²) in [5.74, 6) is 2.18. The van der Waals surface area contributed by atoms with Gasteiger partial charge in [0.2, 0.25) is 12.7 Å². The van der Waals surface area contributed by atoms with Crippen molar-refractivity contribution in [2.45, 2.75) is 11.9 Å². The molecule has 2 heterocycles. The van der Waals surface area contributed by atoms with Gasteiger partial charge in [-0.2, -0.15) is 0 Å². The maximum atomic E-state index is 12.7. The molecule has 1 unspecified atom stereocenters. The number of amides is 1. The summed E-state index contributed by atoms with van der Waals surface area (Å²) < 4.78 is 10.9. The minimum absolute atomic E-state index is 0.00552. The zero-order valence-corrected chi connectivity index (χ0v) is 17.2. The van der Waals surface area contributed by atoms with Crippen LogP contribution in [0.1, 0.15) is 16.5 Å². The molecule has 6 heteroatoms. The zero-order chi connectivity index (χ0) is 20.0. The fraction of sp³-hybridized carbons (Fsp3) is 0.261. The Kier molecular flexibility index (Phi) is 4.51. The Morgan fingerprint density at radius 2 is 1.83 bits per heavy atom. The molecule has 0 radical (unpaired) electrons. The molecule has 2 aliphatic rings. The minimum Gasteiger partial charge on any atom is -0.454 e. The number of hydrogen-bond acceptors (Lipinski definition) is 5. The summed E-state index contributed by atoms with van der Waals surface area (Å²) in [6.07, 6.45) is 0. The van der Waals surface area contributed by atoms with E-state index in [4.69, 9.17) is 9.47 Å². The molecule has 2 aliphatic heterocycles. The number of rotatable bonds is 4. The lowest BCUT2D eigenvalue weighted by molar-refractivity contribution is -0.128. The predicted molar refractivity (Wildman–Crippen MR) is 117 cm³/mol. The van der Waals surface area contributed by atoms with Crippen molar-refractivity contribution in [2.75, 3.05) is 31.5 Å². The van der Waals surface area contributed by atoms with Gasteiger partial charge in [-0.05, 0) is 34.7 Å². The summed E-state index contributed by atoms with van der Waals surface area (Å²) in [6, 6.07) is 18.7. The Morgan fingerprint density at radius 3 is 2.66 bits per heavy atom. The smallest absolute Gasteiger partial charge is 0.234 e. The van der Waals surface area contributed by atoms with Gasteiger partial charge < -0.3 is 19.3 Å². The fourth-order valence-corrected chi connectivity index (χ4v) is 5.25. The van der Waals surface area contributed by atoms with E-state index in [1.54, 1.807) is 11.8 Å². The van der Waals surface area contributed by atoms with Crippen molar-refractivity contribution >= 4 is 34.1 Å². The van der Waals surface area contributed by atoms with Crippen molar-refractivity contribution in [3.63, 3.8) is 0 Å². The Morgan fingerprint density at radius 1 is 1.03 bits per heavy atom. The largest absolute Gasteiger partial charge is 0.454 e. The molecule has 29 heavy (non-hydrogen) atoms. The van der Waals surface area contributed by atoms with Gasteiger partial charge >= 0.3 is 0 Å². The Balaban J connectivity index is 1.52. The Hall–Kier alpha value is -2.86. The van der Waals surface area contributed by atoms with Crippen LogP contribution in [0.2, 0.25) is 0 Å². The van der Waals surface area contributed by atoms with E-state index in [9.17, 15) is 4.79 Å². The second kappa shape index (κ2) is 7.19. The van der Waals surface area contributed by atoms with Crippen LogP contribution in [0.3, 0.4) is 0 Å². The van der Waals surface area contributed by atoms with Gasteiger partial charge in [-0.25, -0.2) is 0 Å². The van der Waals surface area contributed by atoms with Crippen molar-refractivity contribution in [3.05, 3.63) is 65.7 Å². The van der Waals surface area contributed by atoms with Gasteiger partial charge in [0.1, 0.15) is 5.37 Å². The van der Waals surface area contributed by atoms with Crippen LogP contribution in [0.15, 0.2) is 54.6 Å². The minimum atomic E-state index is -0.00552. The van der Waals surface area contributed by atoms with E-state index in [2.05, 4.69) is 55.4 Å². The van der Waals surface area contributed by atoms with Gasteiger partial charge in [0.05, 0.1) is 5.75 Å². The Bertz CT molecular complexity index is 1100. The monoisotopic (exact) mass is 406 g/mol. The number of anilines is 1. The number of ether oxygens (including phenoxy) is 2. The highest BCUT2D eigenvalue weighted by molar-refractivity contribution is 8.00. The maximum Gasteiger partial charge on any atom is 0.234 e. The topological polar surface area (TPSA) is 42.0 Å². The van der Waals surface area contributed by atoms with E-state index >= 15 is 0 Å². The summed E-state index contributed by atoms with van der Waals surface area (Å²) in [5.41, 5.74) is 3.41. The quantitative estimate of drug-likeness (QED) is 0.642. The first-order chi connectivity index (χ1) is 14.1. The third-order valence-corrected chi connectivity index (χ3v) is 6.68. The van der Waals surface area contributed by atoms with Gasteiger partial charge in [0, 0.05) is 31.7 Å². The van der Waals surface area contributed by atoms with Crippen molar-refractivity contribution in [1.82, 2.24) is 4.90 Å². The molecule has 1 saturated heterocycles. The second-order valence-electron chi connectivity index (χ2n) is 7.49. The van der Waals surface area contributed by atoms with Crippen LogP contribution in [0, 0.1) is 0 Å². The number of benzene rings is 3. The van der Waals surface area contributed by atoms with Gasteiger partial charge in [0.15, 0.2) is 11.5 Å². The van der Waals surface area contributed by atoms with Crippen molar-refractivity contribution in [1.29, 1.82) is 0 Å². The summed E-state index contributed by atoms with van der Waals surface area (Å²) in [7, 11) is 4.11. The fourth-order valence-electron chi connectivity index (χ4n) is 4.03. The lowest BCUT2D eigenvalue weighted by atomic mass is 10.0. The highest BCUT2D eigenvalue weighted by Gasteiger charge is 2.34. The van der Waals surface area contributed by atoms with Crippen LogP contribution in [0.25, 0.3) is 10.8 Å². The molecule has 3 aromatic rings. The van der Waals surface area contributed by atoms with E-state index in [0.29, 0.717) is 12.3 Å². The molecular weight excluding hydrogens is 384 g/mol. The van der Waals surface area contributed by atoms with E-state index in [1.165, 1.54) is 22.0 Å². The molecule has 0 aromatic heterocycles. The number of fused-ring (bicyclic) bond motifs is 2. The molecule has 5 rings (SSSR count). The van der Waals surface area contributed by atoms with E-state index < -0.39 is 0 Å². The molecule has 0 bridgehead atoms. The molecule has 1 amide bonds. The summed E-state index contributed by atoms with van der Waals surface area (Å²) >= 11 is 1.69. The van der Waals surface area contributed by atoms with Crippen molar-refractivity contribution in [3.8, 4) is 11.5 Å². The molecule has 1 atom stereocenters. The molecule has 0 N–H and O–H groups in total. The van der Waals surface area contributed by atoms with Crippen LogP contribution in [-0.4, -0.2) is 37.4 Å². The number of hydrogen-bond donors (Lipinski definition) is 0. The van der Waals surface area contributed by atoms with Crippen LogP contribution in [-0.2, 0) is 11.3 Å². The standard InChI is InChI=1S/C23H22N2O3S/c1-24(2)19-9-8-18(16-5-3-4-6-17(16)19)23-25(22(26)13-29-23)12-15-7-10-20-21(11-15)28-14-27-20/h3-11,23H,12-14H2,1-2H3. The SMILES string of the molecule is CN(C)c1ccc(C2SCC(=O)N2Cc2ccc3c(c2)OCO3)c2ccccc12. The normalized spacial score (nSPS) is 17.9. The predicted octanol–water partition coefficient (Wildman–Crippen LogP) is 4.41. The number of nitrogens with zero attached hydrogens (tertiary/aromatic N) is 2. The molecule has 0 aliphatic carbocycles. The van der Waals surface area contributed by atoms with E-state index in [-0.39, 0.29) is 18.1 Å². The third-order valence-electron chi connectivity index (χ3n) is 5.44. The maximum absolute atomic E-state index is 12.7. The van der Waals surface area contributed by atoms with Crippen LogP contribution in [0.4, 0.5) is 5.69 Å². The van der Waals surface area contributed by atoms with Gasteiger partial charge in [-0.1, -0.05) is 36.4 Å². The Labute approximate surface area is 174 Å². The molecule has 148 valence electrons. The third kappa shape index (κ3) is 3.17. The van der Waals surface area contributed by atoms with Crippen LogP contribution >= 0.6 is 11.8 Å². The lowest BCUT2D eigenvalue weighted by Gasteiger charge is -2.27. The van der Waals surface area contributed by atoms with E-state index in [1.807, 2.05) is 23.1 Å². The van der Waals surface area contributed by atoms with Crippen LogP contribution < -0.4 is 14.4 Å². The molecule has 5 nitrogen and oxygen atoms in total. The average molecular weight is 407 g/mol. The van der Waals surface area contributed by atoms with Crippen LogP contribution in [0.5, 0.6) is 11.5 Å². The van der Waals surface area contributed by atoms with Crippen molar-refractivity contribution < 1.29 is 14.3 Å². The second-order valence-corrected chi connectivity index (χ2v) is 8.56. The molecule has 1 fully saturated rings. The first kappa shape index (κ1) is 18.2. The number of carbonyl (C=O) groups excluding carboxylic acids is 1. The highest BCUT2D eigenvalue weighted by atomic mass is 32.2.